The number of carbonyl (C=O) groups excluding carboxylic acids is 1. The minimum Gasteiger partial charge on any atom is -0.339 e. The largest absolute Gasteiger partial charge is 0.339 e. The van der Waals surface area contributed by atoms with Crippen molar-refractivity contribution in [3.05, 3.63) is 75.9 Å². The number of benzene rings is 2. The van der Waals surface area contributed by atoms with E-state index in [2.05, 4.69) is 20.8 Å². The zero-order valence-corrected chi connectivity index (χ0v) is 14.7. The summed E-state index contributed by atoms with van der Waals surface area (Å²) in [6.07, 6.45) is 0. The highest BCUT2D eigenvalue weighted by Gasteiger charge is 2.09. The minimum atomic E-state index is -0.423. The second-order valence-electron chi connectivity index (χ2n) is 5.20. The number of rotatable bonds is 4. The van der Waals surface area contributed by atoms with Gasteiger partial charge in [-0.15, -0.1) is 10.2 Å². The summed E-state index contributed by atoms with van der Waals surface area (Å²) in [6.45, 7) is 0. The molecule has 0 spiro atoms. The molecule has 0 saturated heterocycles. The Morgan fingerprint density at radius 3 is 2.50 bits per heavy atom. The van der Waals surface area contributed by atoms with E-state index < -0.39 is 5.91 Å². The summed E-state index contributed by atoms with van der Waals surface area (Å²) in [5.74, 6) is 0.0279. The number of nitriles is 1. The maximum absolute atomic E-state index is 12.2. The summed E-state index contributed by atoms with van der Waals surface area (Å²) < 4.78 is 0. The Labute approximate surface area is 159 Å². The van der Waals surface area contributed by atoms with E-state index in [9.17, 15) is 4.79 Å². The molecule has 3 rings (SSSR count). The van der Waals surface area contributed by atoms with Crippen LogP contribution in [0.5, 0.6) is 0 Å². The molecule has 0 fully saturated rings. The zero-order chi connectivity index (χ0) is 18.5. The van der Waals surface area contributed by atoms with Gasteiger partial charge in [-0.25, -0.2) is 0 Å². The Hall–Kier alpha value is -3.14. The van der Waals surface area contributed by atoms with Gasteiger partial charge in [0.2, 0.25) is 0 Å². The predicted molar refractivity (Wildman–Crippen MR) is 101 cm³/mol. The molecule has 1 aromatic heterocycles. The van der Waals surface area contributed by atoms with Crippen molar-refractivity contribution in [1.29, 1.82) is 5.26 Å². The molecule has 128 valence electrons. The first-order chi connectivity index (χ1) is 12.5. The van der Waals surface area contributed by atoms with Gasteiger partial charge in [0.15, 0.2) is 11.5 Å². The van der Waals surface area contributed by atoms with E-state index in [1.54, 1.807) is 48.5 Å². The third-order valence-corrected chi connectivity index (χ3v) is 4.08. The van der Waals surface area contributed by atoms with Crippen molar-refractivity contribution in [3.63, 3.8) is 0 Å². The molecular weight excluding hydrogens is 373 g/mol. The number of hydrogen-bond acceptors (Lipinski definition) is 5. The Kier molecular flexibility index (Phi) is 5.32. The van der Waals surface area contributed by atoms with Gasteiger partial charge in [-0.3, -0.25) is 4.79 Å². The van der Waals surface area contributed by atoms with Crippen LogP contribution in [0.3, 0.4) is 0 Å². The Balaban J connectivity index is 1.69. The quantitative estimate of drug-likeness (QED) is 0.683. The smallest absolute Gasteiger partial charge is 0.276 e. The fraction of sp³-hybridized carbons (Fsp3) is 0. The van der Waals surface area contributed by atoms with Gasteiger partial charge in [-0.2, -0.15) is 5.26 Å². The van der Waals surface area contributed by atoms with Crippen LogP contribution in [0.25, 0.3) is 0 Å². The lowest BCUT2D eigenvalue weighted by Crippen LogP contribution is -2.14. The summed E-state index contributed by atoms with van der Waals surface area (Å²) in [4.78, 5) is 12.2. The zero-order valence-electron chi connectivity index (χ0n) is 13.2. The molecule has 8 heteroatoms. The van der Waals surface area contributed by atoms with Gasteiger partial charge in [0.25, 0.3) is 5.91 Å². The highest BCUT2D eigenvalue weighted by Crippen LogP contribution is 2.26. The van der Waals surface area contributed by atoms with E-state index in [0.29, 0.717) is 32.8 Å². The monoisotopic (exact) mass is 383 g/mol. The predicted octanol–water partition coefficient (Wildman–Crippen LogP) is 4.65. The molecule has 0 aliphatic rings. The third-order valence-electron chi connectivity index (χ3n) is 3.34. The third kappa shape index (κ3) is 4.28. The fourth-order valence-electron chi connectivity index (χ4n) is 2.10. The number of nitrogens with zero attached hydrogens (tertiary/aromatic N) is 3. The molecule has 0 aliphatic carbocycles. The number of carbonyl (C=O) groups is 1. The van der Waals surface area contributed by atoms with Gasteiger partial charge in [-0.05, 0) is 48.5 Å². The van der Waals surface area contributed by atoms with Crippen LogP contribution in [0.4, 0.5) is 17.2 Å². The van der Waals surface area contributed by atoms with Crippen molar-refractivity contribution in [2.45, 2.75) is 0 Å². The van der Waals surface area contributed by atoms with Gasteiger partial charge in [0.1, 0.15) is 0 Å². The van der Waals surface area contributed by atoms with Crippen molar-refractivity contribution in [2.75, 3.05) is 10.6 Å². The van der Waals surface area contributed by atoms with Crippen LogP contribution in [-0.4, -0.2) is 16.1 Å². The molecule has 0 radical (unpaired) electrons. The van der Waals surface area contributed by atoms with Crippen LogP contribution in [0, 0.1) is 11.3 Å². The van der Waals surface area contributed by atoms with Crippen LogP contribution < -0.4 is 10.6 Å². The van der Waals surface area contributed by atoms with Crippen molar-refractivity contribution >= 4 is 46.3 Å². The molecule has 0 atom stereocenters. The van der Waals surface area contributed by atoms with Crippen LogP contribution in [0.15, 0.2) is 54.6 Å². The molecule has 1 heterocycles. The first-order valence-electron chi connectivity index (χ1n) is 7.42. The first-order valence-corrected chi connectivity index (χ1v) is 8.18. The Morgan fingerprint density at radius 1 is 0.962 bits per heavy atom. The molecule has 3 aromatic rings. The molecule has 26 heavy (non-hydrogen) atoms. The average Bonchev–Trinajstić information content (AvgIpc) is 2.65. The number of halogens is 2. The van der Waals surface area contributed by atoms with Crippen molar-refractivity contribution in [1.82, 2.24) is 10.2 Å². The molecule has 2 aromatic carbocycles. The van der Waals surface area contributed by atoms with Crippen LogP contribution >= 0.6 is 23.2 Å². The maximum atomic E-state index is 12.2. The van der Waals surface area contributed by atoms with E-state index in [0.717, 1.165) is 0 Å². The first kappa shape index (κ1) is 17.7. The van der Waals surface area contributed by atoms with Gasteiger partial charge < -0.3 is 10.6 Å². The van der Waals surface area contributed by atoms with Crippen molar-refractivity contribution < 1.29 is 4.79 Å². The Morgan fingerprint density at radius 2 is 1.81 bits per heavy atom. The van der Waals surface area contributed by atoms with E-state index in [1.807, 2.05) is 6.07 Å². The van der Waals surface area contributed by atoms with Gasteiger partial charge >= 0.3 is 0 Å². The molecular formula is C18H11Cl2N5O. The van der Waals surface area contributed by atoms with Gasteiger partial charge in [-0.1, -0.05) is 29.3 Å². The number of anilines is 3. The molecule has 2 N–H and O–H groups in total. The summed E-state index contributed by atoms with van der Waals surface area (Å²) in [5.41, 5.74) is 1.80. The highest BCUT2D eigenvalue weighted by atomic mass is 35.5. The van der Waals surface area contributed by atoms with Gasteiger partial charge in [0.05, 0.1) is 21.7 Å². The Bertz CT molecular complexity index is 999. The second kappa shape index (κ2) is 7.83. The van der Waals surface area contributed by atoms with Crippen LogP contribution in [0.2, 0.25) is 10.0 Å². The summed E-state index contributed by atoms with van der Waals surface area (Å²) in [6, 6.07) is 16.8. The van der Waals surface area contributed by atoms with E-state index >= 15 is 0 Å². The lowest BCUT2D eigenvalue weighted by atomic mass is 10.2. The van der Waals surface area contributed by atoms with Crippen LogP contribution in [-0.2, 0) is 0 Å². The number of nitrogens with one attached hydrogen (secondary N) is 2. The second-order valence-corrected chi connectivity index (χ2v) is 6.02. The molecule has 0 aliphatic heterocycles. The summed E-state index contributed by atoms with van der Waals surface area (Å²) in [7, 11) is 0. The lowest BCUT2D eigenvalue weighted by molar-refractivity contribution is 0.102. The lowest BCUT2D eigenvalue weighted by Gasteiger charge is -2.07. The standard InChI is InChI=1S/C18H11Cl2N5O/c19-14-5-4-13(9-15(14)20)22-17-7-6-16(24-25-17)18(26)23-12-3-1-2-11(8-12)10-21/h1-9H,(H,22,25)(H,23,26). The number of aromatic nitrogens is 2. The fourth-order valence-corrected chi connectivity index (χ4v) is 2.40. The van der Waals surface area contributed by atoms with Crippen LogP contribution in [0.1, 0.15) is 16.1 Å². The van der Waals surface area contributed by atoms with E-state index in [1.165, 1.54) is 6.07 Å². The molecule has 6 nitrogen and oxygen atoms in total. The SMILES string of the molecule is N#Cc1cccc(NC(=O)c2ccc(Nc3ccc(Cl)c(Cl)c3)nn2)c1. The maximum Gasteiger partial charge on any atom is 0.276 e. The van der Waals surface area contributed by atoms with E-state index in [-0.39, 0.29) is 5.69 Å². The summed E-state index contributed by atoms with van der Waals surface area (Å²) in [5, 5.41) is 23.3. The van der Waals surface area contributed by atoms with Gasteiger partial charge in [0, 0.05) is 11.4 Å². The number of hydrogen-bond donors (Lipinski definition) is 2. The minimum absolute atomic E-state index is 0.145. The number of amides is 1. The average molecular weight is 384 g/mol. The molecule has 0 unspecified atom stereocenters. The topological polar surface area (TPSA) is 90.7 Å². The summed E-state index contributed by atoms with van der Waals surface area (Å²) >= 11 is 11.8. The molecule has 1 amide bonds. The highest BCUT2D eigenvalue weighted by molar-refractivity contribution is 6.42. The normalized spacial score (nSPS) is 10.0. The van der Waals surface area contributed by atoms with E-state index in [4.69, 9.17) is 28.5 Å². The van der Waals surface area contributed by atoms with Crippen molar-refractivity contribution in [3.8, 4) is 6.07 Å². The van der Waals surface area contributed by atoms with Crippen molar-refractivity contribution in [2.24, 2.45) is 0 Å². The molecule has 0 saturated carbocycles. The molecule has 0 bridgehead atoms.